The largest absolute Gasteiger partial charge is 0.372 e. The molecule has 1 amide bonds. The van der Waals surface area contributed by atoms with Crippen molar-refractivity contribution in [2.45, 2.75) is 32.1 Å². The fourth-order valence-corrected chi connectivity index (χ4v) is 5.28. The minimum absolute atomic E-state index is 0.0346. The van der Waals surface area contributed by atoms with Gasteiger partial charge in [-0.15, -0.1) is 0 Å². The van der Waals surface area contributed by atoms with Gasteiger partial charge in [0.05, 0.1) is 11.5 Å². The molecule has 0 saturated carbocycles. The Hall–Kier alpha value is -1.56. The molecule has 0 unspecified atom stereocenters. The zero-order valence-electron chi connectivity index (χ0n) is 13.3. The maximum absolute atomic E-state index is 12.0. The van der Waals surface area contributed by atoms with Crippen LogP contribution in [0.25, 0.3) is 0 Å². The lowest BCUT2D eigenvalue weighted by molar-refractivity contribution is -0.116. The number of amides is 1. The first-order valence-corrected chi connectivity index (χ1v) is 10.2. The number of anilines is 2. The normalized spacial score (nSPS) is 23.7. The third-order valence-corrected chi connectivity index (χ3v) is 6.51. The average Bonchev–Trinajstić information content (AvgIpc) is 2.87. The number of carbonyl (C=O) groups excluding carboxylic acids is 1. The molecule has 2 saturated heterocycles. The quantitative estimate of drug-likeness (QED) is 0.917. The topological polar surface area (TPSA) is 66.5 Å². The van der Waals surface area contributed by atoms with Gasteiger partial charge in [-0.05, 0) is 55.9 Å². The van der Waals surface area contributed by atoms with Crippen molar-refractivity contribution in [2.24, 2.45) is 5.92 Å². The molecular formula is C17H24N2O3S. The smallest absolute Gasteiger partial charge is 0.224 e. The molecule has 2 aliphatic rings. The maximum atomic E-state index is 12.0. The molecule has 1 aromatic rings. The van der Waals surface area contributed by atoms with Crippen LogP contribution in [0, 0.1) is 5.92 Å². The molecule has 1 aromatic carbocycles. The zero-order valence-corrected chi connectivity index (χ0v) is 14.1. The van der Waals surface area contributed by atoms with Gasteiger partial charge in [0.15, 0.2) is 9.84 Å². The second-order valence-electron chi connectivity index (χ2n) is 6.62. The van der Waals surface area contributed by atoms with E-state index in [2.05, 4.69) is 10.2 Å². The molecule has 23 heavy (non-hydrogen) atoms. The first-order chi connectivity index (χ1) is 11.0. The predicted octanol–water partition coefficient (Wildman–Crippen LogP) is 2.44. The summed E-state index contributed by atoms with van der Waals surface area (Å²) in [6.07, 6.45) is 4.67. The summed E-state index contributed by atoms with van der Waals surface area (Å²) in [5, 5.41) is 2.87. The van der Waals surface area contributed by atoms with Crippen molar-refractivity contribution < 1.29 is 13.2 Å². The van der Waals surface area contributed by atoms with Gasteiger partial charge < -0.3 is 10.2 Å². The third-order valence-electron chi connectivity index (χ3n) is 4.67. The fourth-order valence-electron chi connectivity index (χ4n) is 3.41. The molecule has 0 bridgehead atoms. The molecule has 3 rings (SSSR count). The van der Waals surface area contributed by atoms with Crippen LogP contribution in [-0.4, -0.2) is 38.9 Å². The summed E-state index contributed by atoms with van der Waals surface area (Å²) in [6, 6.07) is 7.93. The van der Waals surface area contributed by atoms with Gasteiger partial charge in [0, 0.05) is 30.9 Å². The molecule has 0 spiro atoms. The fraction of sp³-hybridized carbons (Fsp3) is 0.588. The molecule has 1 N–H and O–H groups in total. The van der Waals surface area contributed by atoms with Gasteiger partial charge in [0.1, 0.15) is 0 Å². The summed E-state index contributed by atoms with van der Waals surface area (Å²) in [7, 11) is -2.92. The number of hydrogen-bond donors (Lipinski definition) is 1. The maximum Gasteiger partial charge on any atom is 0.224 e. The summed E-state index contributed by atoms with van der Waals surface area (Å²) in [5.74, 6) is 0.231. The second kappa shape index (κ2) is 6.91. The van der Waals surface area contributed by atoms with Gasteiger partial charge in [-0.2, -0.15) is 0 Å². The van der Waals surface area contributed by atoms with E-state index in [1.165, 1.54) is 24.9 Å². The summed E-state index contributed by atoms with van der Waals surface area (Å²) < 4.78 is 22.9. The molecule has 0 aromatic heterocycles. The summed E-state index contributed by atoms with van der Waals surface area (Å²) in [5.41, 5.74) is 1.97. The Morgan fingerprint density at radius 3 is 2.43 bits per heavy atom. The van der Waals surface area contributed by atoms with E-state index in [0.717, 1.165) is 18.8 Å². The van der Waals surface area contributed by atoms with Crippen molar-refractivity contribution in [1.29, 1.82) is 0 Å². The monoisotopic (exact) mass is 336 g/mol. The van der Waals surface area contributed by atoms with Crippen LogP contribution in [0.5, 0.6) is 0 Å². The molecule has 0 aliphatic carbocycles. The lowest BCUT2D eigenvalue weighted by Crippen LogP contribution is -2.29. The number of hydrogen-bond acceptors (Lipinski definition) is 4. The highest BCUT2D eigenvalue weighted by atomic mass is 32.2. The number of rotatable bonds is 4. The van der Waals surface area contributed by atoms with E-state index in [9.17, 15) is 13.2 Å². The van der Waals surface area contributed by atoms with E-state index < -0.39 is 9.84 Å². The van der Waals surface area contributed by atoms with E-state index in [0.29, 0.717) is 6.42 Å². The van der Waals surface area contributed by atoms with Crippen LogP contribution < -0.4 is 10.2 Å². The van der Waals surface area contributed by atoms with E-state index in [1.807, 2.05) is 24.3 Å². The van der Waals surface area contributed by atoms with Crippen molar-refractivity contribution >= 4 is 27.1 Å². The van der Waals surface area contributed by atoms with Crippen LogP contribution in [0.2, 0.25) is 0 Å². The molecule has 0 radical (unpaired) electrons. The molecule has 6 heteroatoms. The first kappa shape index (κ1) is 16.3. The van der Waals surface area contributed by atoms with Gasteiger partial charge in [-0.25, -0.2) is 8.42 Å². The van der Waals surface area contributed by atoms with Gasteiger partial charge >= 0.3 is 0 Å². The number of sulfone groups is 1. The Morgan fingerprint density at radius 1 is 1.13 bits per heavy atom. The summed E-state index contributed by atoms with van der Waals surface area (Å²) in [6.45, 7) is 2.20. The Morgan fingerprint density at radius 2 is 1.83 bits per heavy atom. The van der Waals surface area contributed by atoms with Crippen LogP contribution in [0.1, 0.15) is 32.1 Å². The van der Waals surface area contributed by atoms with Gasteiger partial charge in [-0.1, -0.05) is 0 Å². The molecule has 2 aliphatic heterocycles. The van der Waals surface area contributed by atoms with E-state index in [-0.39, 0.29) is 29.8 Å². The molecular weight excluding hydrogens is 312 g/mol. The highest BCUT2D eigenvalue weighted by molar-refractivity contribution is 7.91. The van der Waals surface area contributed by atoms with Gasteiger partial charge in [-0.3, -0.25) is 4.79 Å². The Kier molecular flexibility index (Phi) is 4.90. The third kappa shape index (κ3) is 4.47. The van der Waals surface area contributed by atoms with Crippen LogP contribution in [0.4, 0.5) is 11.4 Å². The molecule has 126 valence electrons. The molecule has 2 heterocycles. The highest BCUT2D eigenvalue weighted by Crippen LogP contribution is 2.24. The zero-order chi connectivity index (χ0) is 16.3. The first-order valence-electron chi connectivity index (χ1n) is 8.37. The van der Waals surface area contributed by atoms with Crippen molar-refractivity contribution in [3.63, 3.8) is 0 Å². The van der Waals surface area contributed by atoms with Crippen molar-refractivity contribution in [3.8, 4) is 0 Å². The van der Waals surface area contributed by atoms with Crippen LogP contribution >= 0.6 is 0 Å². The molecule has 1 atom stereocenters. The Labute approximate surface area is 138 Å². The predicted molar refractivity (Wildman–Crippen MR) is 92.5 cm³/mol. The van der Waals surface area contributed by atoms with Crippen LogP contribution in [0.15, 0.2) is 24.3 Å². The summed E-state index contributed by atoms with van der Waals surface area (Å²) >= 11 is 0. The second-order valence-corrected chi connectivity index (χ2v) is 8.84. The Balaban J connectivity index is 1.52. The average molecular weight is 336 g/mol. The number of piperidine rings is 1. The lowest BCUT2D eigenvalue weighted by Gasteiger charge is -2.28. The van der Waals surface area contributed by atoms with Crippen LogP contribution in [-0.2, 0) is 14.6 Å². The van der Waals surface area contributed by atoms with Crippen molar-refractivity contribution in [1.82, 2.24) is 0 Å². The standard InChI is InChI=1S/C17H24N2O3S/c20-17(12-14-8-11-23(21,22)13-14)18-15-4-6-16(7-5-15)19-9-2-1-3-10-19/h4-7,14H,1-3,8-13H2,(H,18,20)/t14-/m0/s1. The van der Waals surface area contributed by atoms with E-state index in [4.69, 9.17) is 0 Å². The summed E-state index contributed by atoms with van der Waals surface area (Å²) in [4.78, 5) is 14.4. The van der Waals surface area contributed by atoms with Gasteiger partial charge in [0.2, 0.25) is 5.91 Å². The highest BCUT2D eigenvalue weighted by Gasteiger charge is 2.29. The number of benzene rings is 1. The van der Waals surface area contributed by atoms with Crippen LogP contribution in [0.3, 0.4) is 0 Å². The molecule has 5 nitrogen and oxygen atoms in total. The SMILES string of the molecule is O=C(C[C@@H]1CCS(=O)(=O)C1)Nc1ccc(N2CCCCC2)cc1. The minimum atomic E-state index is -2.92. The number of nitrogens with one attached hydrogen (secondary N) is 1. The lowest BCUT2D eigenvalue weighted by atomic mass is 10.0. The number of carbonyl (C=O) groups is 1. The van der Waals surface area contributed by atoms with Crippen molar-refractivity contribution in [2.75, 3.05) is 34.8 Å². The van der Waals surface area contributed by atoms with Crippen molar-refractivity contribution in [3.05, 3.63) is 24.3 Å². The van der Waals surface area contributed by atoms with E-state index >= 15 is 0 Å². The Bertz CT molecular complexity index is 649. The van der Waals surface area contributed by atoms with Gasteiger partial charge in [0.25, 0.3) is 0 Å². The minimum Gasteiger partial charge on any atom is -0.372 e. The molecule has 2 fully saturated rings. The van der Waals surface area contributed by atoms with E-state index in [1.54, 1.807) is 0 Å². The number of nitrogens with zero attached hydrogens (tertiary/aromatic N) is 1.